The molecule has 0 aliphatic rings. The Morgan fingerprint density at radius 1 is 1.29 bits per heavy atom. The molecular formula is C12H21N3O2. The Balaban J connectivity index is 2.28. The van der Waals surface area contributed by atoms with E-state index in [-0.39, 0.29) is 0 Å². The molecule has 0 saturated carbocycles. The van der Waals surface area contributed by atoms with Gasteiger partial charge in [-0.2, -0.15) is 4.98 Å². The molecule has 1 heterocycles. The Kier molecular flexibility index (Phi) is 6.32. The highest BCUT2D eigenvalue weighted by atomic mass is 16.5. The lowest BCUT2D eigenvalue weighted by atomic mass is 10.4. The number of nitrogens with one attached hydrogen (secondary N) is 1. The standard InChI is InChI=1S/C12H21N3O2/c1-4-7-17-8-5-6-13-12-14-10(2)9-11(15-12)16-3/h9H,4-8H2,1-3H3,(H,13,14,15). The van der Waals surface area contributed by atoms with Crippen LogP contribution in [0.3, 0.4) is 0 Å². The predicted octanol–water partition coefficient (Wildman–Crippen LogP) is 2.02. The van der Waals surface area contributed by atoms with Gasteiger partial charge < -0.3 is 14.8 Å². The van der Waals surface area contributed by atoms with Crippen molar-refractivity contribution in [2.24, 2.45) is 0 Å². The van der Waals surface area contributed by atoms with Gasteiger partial charge in [0.15, 0.2) is 0 Å². The largest absolute Gasteiger partial charge is 0.481 e. The minimum absolute atomic E-state index is 0.585. The van der Waals surface area contributed by atoms with E-state index in [1.807, 2.05) is 6.92 Å². The normalized spacial score (nSPS) is 10.3. The topological polar surface area (TPSA) is 56.3 Å². The fourth-order valence-electron chi connectivity index (χ4n) is 1.34. The van der Waals surface area contributed by atoms with Crippen molar-refractivity contribution in [1.82, 2.24) is 9.97 Å². The molecule has 96 valence electrons. The molecule has 0 amide bonds. The smallest absolute Gasteiger partial charge is 0.226 e. The summed E-state index contributed by atoms with van der Waals surface area (Å²) in [7, 11) is 1.60. The molecule has 0 saturated heterocycles. The molecule has 0 aliphatic heterocycles. The maximum atomic E-state index is 5.38. The first-order chi connectivity index (χ1) is 8.26. The number of methoxy groups -OCH3 is 1. The third-order valence-corrected chi connectivity index (χ3v) is 2.14. The van der Waals surface area contributed by atoms with Crippen molar-refractivity contribution in [3.63, 3.8) is 0 Å². The molecule has 0 aliphatic carbocycles. The lowest BCUT2D eigenvalue weighted by Gasteiger charge is -2.07. The van der Waals surface area contributed by atoms with E-state index in [4.69, 9.17) is 9.47 Å². The maximum absolute atomic E-state index is 5.38. The van der Waals surface area contributed by atoms with E-state index < -0.39 is 0 Å². The van der Waals surface area contributed by atoms with Gasteiger partial charge in [0, 0.05) is 31.5 Å². The van der Waals surface area contributed by atoms with Gasteiger partial charge in [0.1, 0.15) is 0 Å². The summed E-state index contributed by atoms with van der Waals surface area (Å²) in [6.07, 6.45) is 2.01. The Labute approximate surface area is 103 Å². The molecule has 1 rings (SSSR count). The summed E-state index contributed by atoms with van der Waals surface area (Å²) in [4.78, 5) is 8.47. The summed E-state index contributed by atoms with van der Waals surface area (Å²) in [6.45, 7) is 6.42. The van der Waals surface area contributed by atoms with E-state index in [0.29, 0.717) is 11.8 Å². The Hall–Kier alpha value is -1.36. The van der Waals surface area contributed by atoms with Crippen molar-refractivity contribution in [1.29, 1.82) is 0 Å². The van der Waals surface area contributed by atoms with Gasteiger partial charge in [0.05, 0.1) is 7.11 Å². The second-order valence-corrected chi connectivity index (χ2v) is 3.77. The monoisotopic (exact) mass is 239 g/mol. The highest BCUT2D eigenvalue weighted by molar-refractivity contribution is 5.30. The minimum Gasteiger partial charge on any atom is -0.481 e. The van der Waals surface area contributed by atoms with Crippen LogP contribution in [-0.2, 0) is 4.74 Å². The van der Waals surface area contributed by atoms with Crippen molar-refractivity contribution in [3.05, 3.63) is 11.8 Å². The van der Waals surface area contributed by atoms with Crippen LogP contribution in [0.4, 0.5) is 5.95 Å². The van der Waals surface area contributed by atoms with Crippen molar-refractivity contribution < 1.29 is 9.47 Å². The van der Waals surface area contributed by atoms with Crippen molar-refractivity contribution >= 4 is 5.95 Å². The first-order valence-electron chi connectivity index (χ1n) is 5.97. The molecule has 1 aromatic heterocycles. The third kappa shape index (κ3) is 5.49. The summed E-state index contributed by atoms with van der Waals surface area (Å²) >= 11 is 0. The van der Waals surface area contributed by atoms with Crippen LogP contribution in [0.2, 0.25) is 0 Å². The summed E-state index contributed by atoms with van der Waals surface area (Å²) in [5, 5.41) is 3.15. The number of aromatic nitrogens is 2. The summed E-state index contributed by atoms with van der Waals surface area (Å²) in [6, 6.07) is 1.80. The fourth-order valence-corrected chi connectivity index (χ4v) is 1.34. The zero-order chi connectivity index (χ0) is 12.5. The molecule has 5 heteroatoms. The van der Waals surface area contributed by atoms with Gasteiger partial charge in [-0.1, -0.05) is 6.92 Å². The molecule has 0 aromatic carbocycles. The minimum atomic E-state index is 0.585. The lowest BCUT2D eigenvalue weighted by Crippen LogP contribution is -2.09. The van der Waals surface area contributed by atoms with Gasteiger partial charge in [-0.15, -0.1) is 0 Å². The highest BCUT2D eigenvalue weighted by Gasteiger charge is 2.01. The summed E-state index contributed by atoms with van der Waals surface area (Å²) in [5.74, 6) is 1.19. The zero-order valence-electron chi connectivity index (χ0n) is 10.8. The van der Waals surface area contributed by atoms with E-state index in [1.165, 1.54) is 0 Å². The zero-order valence-corrected chi connectivity index (χ0v) is 10.8. The van der Waals surface area contributed by atoms with Crippen LogP contribution >= 0.6 is 0 Å². The molecular weight excluding hydrogens is 218 g/mol. The second-order valence-electron chi connectivity index (χ2n) is 3.77. The number of anilines is 1. The van der Waals surface area contributed by atoms with Gasteiger partial charge in [0.2, 0.25) is 11.8 Å². The molecule has 0 atom stereocenters. The first-order valence-corrected chi connectivity index (χ1v) is 5.97. The Bertz CT molecular complexity index is 332. The first kappa shape index (κ1) is 13.7. The SMILES string of the molecule is CCCOCCCNc1nc(C)cc(OC)n1. The van der Waals surface area contributed by atoms with Crippen molar-refractivity contribution in [2.45, 2.75) is 26.7 Å². The molecule has 0 bridgehead atoms. The Morgan fingerprint density at radius 3 is 2.82 bits per heavy atom. The molecule has 1 N–H and O–H groups in total. The third-order valence-electron chi connectivity index (χ3n) is 2.14. The number of hydrogen-bond acceptors (Lipinski definition) is 5. The fraction of sp³-hybridized carbons (Fsp3) is 0.667. The van der Waals surface area contributed by atoms with E-state index in [9.17, 15) is 0 Å². The molecule has 0 unspecified atom stereocenters. The molecule has 0 fully saturated rings. The van der Waals surface area contributed by atoms with E-state index in [0.717, 1.165) is 38.3 Å². The Morgan fingerprint density at radius 2 is 2.12 bits per heavy atom. The van der Waals surface area contributed by atoms with Gasteiger partial charge in [0.25, 0.3) is 0 Å². The summed E-state index contributed by atoms with van der Waals surface area (Å²) in [5.41, 5.74) is 0.890. The van der Waals surface area contributed by atoms with Gasteiger partial charge >= 0.3 is 0 Å². The second kappa shape index (κ2) is 7.84. The number of ether oxygens (including phenoxy) is 2. The predicted molar refractivity (Wildman–Crippen MR) is 67.5 cm³/mol. The number of hydrogen-bond donors (Lipinski definition) is 1. The van der Waals surface area contributed by atoms with Crippen LogP contribution in [0.25, 0.3) is 0 Å². The number of rotatable bonds is 8. The molecule has 1 aromatic rings. The number of aryl methyl sites for hydroxylation is 1. The molecule has 0 radical (unpaired) electrons. The van der Waals surface area contributed by atoms with Gasteiger partial charge in [-0.05, 0) is 19.8 Å². The van der Waals surface area contributed by atoms with Gasteiger partial charge in [-0.3, -0.25) is 0 Å². The molecule has 17 heavy (non-hydrogen) atoms. The van der Waals surface area contributed by atoms with E-state index >= 15 is 0 Å². The van der Waals surface area contributed by atoms with E-state index in [1.54, 1.807) is 13.2 Å². The van der Waals surface area contributed by atoms with Gasteiger partial charge in [-0.25, -0.2) is 4.98 Å². The lowest BCUT2D eigenvalue weighted by molar-refractivity contribution is 0.134. The van der Waals surface area contributed by atoms with Crippen LogP contribution < -0.4 is 10.1 Å². The molecule has 5 nitrogen and oxygen atoms in total. The van der Waals surface area contributed by atoms with Crippen LogP contribution in [0.5, 0.6) is 5.88 Å². The van der Waals surface area contributed by atoms with Crippen LogP contribution in [0.15, 0.2) is 6.07 Å². The van der Waals surface area contributed by atoms with Crippen molar-refractivity contribution in [3.8, 4) is 5.88 Å². The average Bonchev–Trinajstić information content (AvgIpc) is 2.33. The average molecular weight is 239 g/mol. The van der Waals surface area contributed by atoms with E-state index in [2.05, 4.69) is 22.2 Å². The number of nitrogens with zero attached hydrogens (tertiary/aromatic N) is 2. The molecule has 0 spiro atoms. The highest BCUT2D eigenvalue weighted by Crippen LogP contribution is 2.10. The van der Waals surface area contributed by atoms with Crippen LogP contribution in [0, 0.1) is 6.92 Å². The van der Waals surface area contributed by atoms with Crippen LogP contribution in [-0.4, -0.2) is 36.8 Å². The quantitative estimate of drug-likeness (QED) is 0.703. The van der Waals surface area contributed by atoms with Crippen LogP contribution in [0.1, 0.15) is 25.5 Å². The maximum Gasteiger partial charge on any atom is 0.226 e. The summed E-state index contributed by atoms with van der Waals surface area (Å²) < 4.78 is 10.5. The van der Waals surface area contributed by atoms with Crippen molar-refractivity contribution in [2.75, 3.05) is 32.2 Å².